The van der Waals surface area contributed by atoms with E-state index >= 15 is 0 Å². The van der Waals surface area contributed by atoms with Crippen molar-refractivity contribution in [2.75, 3.05) is 18.6 Å². The van der Waals surface area contributed by atoms with Crippen LogP contribution in [0.4, 0.5) is 4.79 Å². The lowest BCUT2D eigenvalue weighted by Gasteiger charge is -2.35. The number of carbonyl (C=O) groups excluding carboxylic acids is 4. The second-order valence-corrected chi connectivity index (χ2v) is 5.63. The number of hydrogen-bond acceptors (Lipinski definition) is 5. The van der Waals surface area contributed by atoms with Crippen molar-refractivity contribution in [3.05, 3.63) is 0 Å². The summed E-state index contributed by atoms with van der Waals surface area (Å²) in [7, 11) is 0. The van der Waals surface area contributed by atoms with Crippen LogP contribution in [0.1, 0.15) is 19.8 Å². The lowest BCUT2D eigenvalue weighted by atomic mass is 10.1. The molecule has 9 heteroatoms. The molecule has 5 amide bonds. The van der Waals surface area contributed by atoms with E-state index in [1.54, 1.807) is 6.92 Å². The molecule has 1 heterocycles. The number of urea groups is 1. The minimum absolute atomic E-state index is 0.195. The van der Waals surface area contributed by atoms with Gasteiger partial charge in [-0.05, 0) is 24.9 Å². The van der Waals surface area contributed by atoms with Crippen molar-refractivity contribution < 1.29 is 19.2 Å². The third-order valence-electron chi connectivity index (χ3n) is 3.15. The Hall–Kier alpha value is -1.77. The van der Waals surface area contributed by atoms with Crippen LogP contribution in [0.2, 0.25) is 0 Å². The normalized spacial score (nSPS) is 19.9. The molecule has 1 fully saturated rings. The molecule has 1 aliphatic heterocycles. The fourth-order valence-corrected chi connectivity index (χ4v) is 2.64. The monoisotopic (exact) mass is 316 g/mol. The van der Waals surface area contributed by atoms with Crippen molar-refractivity contribution in [1.82, 2.24) is 15.5 Å². The van der Waals surface area contributed by atoms with Crippen LogP contribution >= 0.6 is 11.8 Å². The second-order valence-electron chi connectivity index (χ2n) is 4.65. The van der Waals surface area contributed by atoms with Gasteiger partial charge in [0.15, 0.2) is 0 Å². The van der Waals surface area contributed by atoms with Crippen molar-refractivity contribution in [3.8, 4) is 0 Å². The molecule has 0 saturated carbocycles. The molecule has 118 valence electrons. The van der Waals surface area contributed by atoms with Gasteiger partial charge in [0, 0.05) is 0 Å². The summed E-state index contributed by atoms with van der Waals surface area (Å²) in [6, 6.07) is -2.35. The molecular weight excluding hydrogens is 296 g/mol. The number of hydrogen-bond donors (Lipinski definition) is 3. The highest BCUT2D eigenvalue weighted by molar-refractivity contribution is 7.98. The highest BCUT2D eigenvalue weighted by Crippen LogP contribution is 2.13. The van der Waals surface area contributed by atoms with Crippen molar-refractivity contribution in [2.45, 2.75) is 31.8 Å². The Kier molecular flexibility index (Phi) is 6.47. The van der Waals surface area contributed by atoms with E-state index < -0.39 is 35.8 Å². The predicted molar refractivity (Wildman–Crippen MR) is 78.4 cm³/mol. The molecule has 0 radical (unpaired) electrons. The van der Waals surface area contributed by atoms with E-state index in [-0.39, 0.29) is 6.54 Å². The van der Waals surface area contributed by atoms with Crippen LogP contribution in [0.5, 0.6) is 0 Å². The first-order valence-corrected chi connectivity index (χ1v) is 7.99. The van der Waals surface area contributed by atoms with Crippen LogP contribution in [0.25, 0.3) is 0 Å². The number of piperazine rings is 1. The maximum atomic E-state index is 12.5. The fraction of sp³-hybridized carbons (Fsp3) is 0.667. The molecule has 1 aliphatic rings. The van der Waals surface area contributed by atoms with Gasteiger partial charge in [-0.3, -0.25) is 19.7 Å². The molecule has 1 saturated heterocycles. The zero-order valence-electron chi connectivity index (χ0n) is 12.0. The number of thioether (sulfide) groups is 1. The van der Waals surface area contributed by atoms with Gasteiger partial charge >= 0.3 is 6.03 Å². The maximum Gasteiger partial charge on any atom is 0.312 e. The number of rotatable bonds is 6. The van der Waals surface area contributed by atoms with Crippen molar-refractivity contribution in [3.63, 3.8) is 0 Å². The van der Waals surface area contributed by atoms with Gasteiger partial charge in [-0.2, -0.15) is 11.8 Å². The standard InChI is InChI=1S/C12H20N4O4S/c1-3-8-10(18)15-9(17)6-16(8)11(19)7(4-5-21-2)14-12(13)20/h7-8H,3-6H2,1-2H3,(H3,13,14,20)(H,15,17,18). The number of nitrogens with two attached hydrogens (primary N) is 1. The van der Waals surface area contributed by atoms with Gasteiger partial charge in [0.05, 0.1) is 0 Å². The van der Waals surface area contributed by atoms with E-state index in [1.165, 1.54) is 16.7 Å². The summed E-state index contributed by atoms with van der Waals surface area (Å²) in [5.41, 5.74) is 5.08. The fourth-order valence-electron chi connectivity index (χ4n) is 2.17. The van der Waals surface area contributed by atoms with E-state index in [4.69, 9.17) is 5.73 Å². The van der Waals surface area contributed by atoms with Gasteiger partial charge in [-0.15, -0.1) is 0 Å². The maximum absolute atomic E-state index is 12.5. The number of nitrogens with zero attached hydrogens (tertiary/aromatic N) is 1. The molecule has 2 atom stereocenters. The molecule has 2 unspecified atom stereocenters. The second kappa shape index (κ2) is 7.87. The number of amides is 5. The Bertz CT molecular complexity index is 443. The summed E-state index contributed by atoms with van der Waals surface area (Å²) < 4.78 is 0. The molecule has 0 aromatic carbocycles. The highest BCUT2D eigenvalue weighted by Gasteiger charge is 2.38. The molecule has 0 spiro atoms. The van der Waals surface area contributed by atoms with E-state index in [2.05, 4.69) is 10.6 Å². The Morgan fingerprint density at radius 1 is 1.52 bits per heavy atom. The highest BCUT2D eigenvalue weighted by atomic mass is 32.2. The Balaban J connectivity index is 2.90. The average Bonchev–Trinajstić information content (AvgIpc) is 2.41. The SMILES string of the molecule is CCC1C(=O)NC(=O)CN1C(=O)C(CCSC)NC(N)=O. The zero-order chi connectivity index (χ0) is 16.0. The van der Waals surface area contributed by atoms with Gasteiger partial charge in [-0.1, -0.05) is 6.92 Å². The van der Waals surface area contributed by atoms with E-state index in [9.17, 15) is 19.2 Å². The van der Waals surface area contributed by atoms with Crippen molar-refractivity contribution in [2.24, 2.45) is 5.73 Å². The smallest absolute Gasteiger partial charge is 0.312 e. The number of carbonyl (C=O) groups is 4. The molecule has 0 bridgehead atoms. The summed E-state index contributed by atoms with van der Waals surface area (Å²) in [6.45, 7) is 1.55. The number of imide groups is 1. The van der Waals surface area contributed by atoms with E-state index in [0.717, 1.165) is 0 Å². The molecule has 1 rings (SSSR count). The molecule has 21 heavy (non-hydrogen) atoms. The lowest BCUT2D eigenvalue weighted by molar-refractivity contribution is -0.151. The van der Waals surface area contributed by atoms with Crippen LogP contribution in [0, 0.1) is 0 Å². The van der Waals surface area contributed by atoms with Crippen LogP contribution in [-0.4, -0.2) is 59.3 Å². The first-order chi connectivity index (χ1) is 9.90. The Morgan fingerprint density at radius 3 is 2.71 bits per heavy atom. The van der Waals surface area contributed by atoms with Gasteiger partial charge in [0.2, 0.25) is 17.7 Å². The first-order valence-electron chi connectivity index (χ1n) is 6.59. The predicted octanol–water partition coefficient (Wildman–Crippen LogP) is -0.960. The average molecular weight is 316 g/mol. The molecule has 0 aromatic rings. The summed E-state index contributed by atoms with van der Waals surface area (Å²) in [4.78, 5) is 48.0. The van der Waals surface area contributed by atoms with Gasteiger partial charge in [0.1, 0.15) is 18.6 Å². The van der Waals surface area contributed by atoms with Crippen molar-refractivity contribution in [1.29, 1.82) is 0 Å². The quantitative estimate of drug-likeness (QED) is 0.545. The first kappa shape index (κ1) is 17.3. The molecule has 0 aromatic heterocycles. The summed E-state index contributed by atoms with van der Waals surface area (Å²) in [5, 5.41) is 4.58. The number of primary amides is 1. The van der Waals surface area contributed by atoms with Crippen LogP contribution in [-0.2, 0) is 14.4 Å². The van der Waals surface area contributed by atoms with Gasteiger partial charge < -0.3 is 16.0 Å². The van der Waals surface area contributed by atoms with Gasteiger partial charge in [0.25, 0.3) is 0 Å². The Morgan fingerprint density at radius 2 is 2.19 bits per heavy atom. The lowest BCUT2D eigenvalue weighted by Crippen LogP contribution is -2.63. The molecule has 4 N–H and O–H groups in total. The topological polar surface area (TPSA) is 122 Å². The Labute approximate surface area is 127 Å². The third-order valence-corrected chi connectivity index (χ3v) is 3.79. The molecule has 8 nitrogen and oxygen atoms in total. The largest absolute Gasteiger partial charge is 0.352 e. The van der Waals surface area contributed by atoms with Crippen LogP contribution in [0.15, 0.2) is 0 Å². The van der Waals surface area contributed by atoms with Crippen LogP contribution in [0.3, 0.4) is 0 Å². The summed E-state index contributed by atoms with van der Waals surface area (Å²) >= 11 is 1.52. The van der Waals surface area contributed by atoms with E-state index in [1.807, 2.05) is 6.26 Å². The molecule has 0 aliphatic carbocycles. The minimum atomic E-state index is -0.831. The number of nitrogens with one attached hydrogen (secondary N) is 2. The summed E-state index contributed by atoms with van der Waals surface area (Å²) in [6.07, 6.45) is 2.64. The third kappa shape index (κ3) is 4.62. The zero-order valence-corrected chi connectivity index (χ0v) is 12.9. The van der Waals surface area contributed by atoms with Gasteiger partial charge in [-0.25, -0.2) is 4.79 Å². The minimum Gasteiger partial charge on any atom is -0.352 e. The van der Waals surface area contributed by atoms with Crippen LogP contribution < -0.4 is 16.4 Å². The van der Waals surface area contributed by atoms with Crippen molar-refractivity contribution >= 4 is 35.5 Å². The van der Waals surface area contributed by atoms with E-state index in [0.29, 0.717) is 18.6 Å². The molecular formula is C12H20N4O4S. The summed E-state index contributed by atoms with van der Waals surface area (Å²) in [5.74, 6) is -0.843.